The van der Waals surface area contributed by atoms with Crippen molar-refractivity contribution in [2.24, 2.45) is 0 Å². The molecular formula is C24H25N3O4S. The van der Waals surface area contributed by atoms with E-state index in [0.717, 1.165) is 54.2 Å². The number of amides is 2. The summed E-state index contributed by atoms with van der Waals surface area (Å²) >= 11 is 0. The van der Waals surface area contributed by atoms with Crippen molar-refractivity contribution in [1.29, 1.82) is 0 Å². The number of rotatable bonds is 7. The lowest BCUT2D eigenvalue weighted by atomic mass is 9.98. The smallest absolute Gasteiger partial charge is 0.332 e. The van der Waals surface area contributed by atoms with Gasteiger partial charge in [0.1, 0.15) is 0 Å². The first-order chi connectivity index (χ1) is 15.4. The zero-order chi connectivity index (χ0) is 22.6. The first kappa shape index (κ1) is 21.8. The number of hydrogen-bond donors (Lipinski definition) is 2. The van der Waals surface area contributed by atoms with Crippen LogP contribution in [0.15, 0.2) is 60.8 Å². The molecule has 1 aromatic heterocycles. The minimum Gasteiger partial charge on any atom is -0.477 e. The van der Waals surface area contributed by atoms with Crippen LogP contribution in [0.1, 0.15) is 23.1 Å². The van der Waals surface area contributed by atoms with E-state index in [9.17, 15) is 13.2 Å². The average Bonchev–Trinajstić information content (AvgIpc) is 3.23. The third kappa shape index (κ3) is 5.45. The van der Waals surface area contributed by atoms with Crippen LogP contribution in [0.4, 0.5) is 10.5 Å². The van der Waals surface area contributed by atoms with Crippen molar-refractivity contribution in [3.63, 3.8) is 0 Å². The van der Waals surface area contributed by atoms with Gasteiger partial charge in [0, 0.05) is 24.2 Å². The number of nitrogens with one attached hydrogen (secondary N) is 2. The SMILES string of the molecule is CS(=O)(=O)NC(=O)Nc1c(-c2ccnc(OCCc3ccccc3)c2)ccc2c1CCC2. The van der Waals surface area contributed by atoms with Crippen LogP contribution in [-0.2, 0) is 29.3 Å². The predicted octanol–water partition coefficient (Wildman–Crippen LogP) is 3.94. The summed E-state index contributed by atoms with van der Waals surface area (Å²) in [5, 5.41) is 2.76. The summed E-state index contributed by atoms with van der Waals surface area (Å²) in [4.78, 5) is 16.6. The largest absolute Gasteiger partial charge is 0.477 e. The molecule has 0 atom stereocenters. The third-order valence-corrected chi connectivity index (χ3v) is 5.88. The van der Waals surface area contributed by atoms with Crippen LogP contribution in [0.2, 0.25) is 0 Å². The molecule has 0 fully saturated rings. The summed E-state index contributed by atoms with van der Waals surface area (Å²) < 4.78 is 30.8. The number of pyridine rings is 1. The third-order valence-electron chi connectivity index (χ3n) is 5.33. The number of nitrogens with zero attached hydrogens (tertiary/aromatic N) is 1. The molecule has 3 aromatic rings. The Kier molecular flexibility index (Phi) is 6.41. The van der Waals surface area contributed by atoms with Gasteiger partial charge >= 0.3 is 6.03 Å². The number of aryl methyl sites for hydroxylation is 1. The molecule has 8 heteroatoms. The Morgan fingerprint density at radius 1 is 1.09 bits per heavy atom. The number of benzene rings is 2. The summed E-state index contributed by atoms with van der Waals surface area (Å²) in [7, 11) is -3.67. The second kappa shape index (κ2) is 9.40. The van der Waals surface area contributed by atoms with Gasteiger partial charge in [-0.1, -0.05) is 42.5 Å². The maximum absolute atomic E-state index is 12.3. The lowest BCUT2D eigenvalue weighted by molar-refractivity contribution is 0.256. The van der Waals surface area contributed by atoms with E-state index in [4.69, 9.17) is 4.74 Å². The van der Waals surface area contributed by atoms with Gasteiger partial charge < -0.3 is 10.1 Å². The van der Waals surface area contributed by atoms with Crippen molar-refractivity contribution < 1.29 is 17.9 Å². The fourth-order valence-corrected chi connectivity index (χ4v) is 4.32. The number of anilines is 1. The zero-order valence-corrected chi connectivity index (χ0v) is 18.6. The van der Waals surface area contributed by atoms with Gasteiger partial charge in [0.25, 0.3) is 0 Å². The number of fused-ring (bicyclic) bond motifs is 1. The number of carbonyl (C=O) groups is 1. The maximum atomic E-state index is 12.3. The molecule has 0 saturated heterocycles. The molecule has 32 heavy (non-hydrogen) atoms. The van der Waals surface area contributed by atoms with Gasteiger partial charge in [-0.2, -0.15) is 0 Å². The van der Waals surface area contributed by atoms with Gasteiger partial charge in [-0.25, -0.2) is 22.9 Å². The lowest BCUT2D eigenvalue weighted by Crippen LogP contribution is -2.33. The molecule has 1 aliphatic carbocycles. The van der Waals surface area contributed by atoms with Gasteiger partial charge in [0.15, 0.2) is 0 Å². The summed E-state index contributed by atoms with van der Waals surface area (Å²) in [5.74, 6) is 0.491. The van der Waals surface area contributed by atoms with Crippen molar-refractivity contribution in [3.05, 3.63) is 77.5 Å². The van der Waals surface area contributed by atoms with Gasteiger partial charge in [-0.3, -0.25) is 0 Å². The maximum Gasteiger partial charge on any atom is 0.332 e. The number of sulfonamides is 1. The molecule has 0 bridgehead atoms. The summed E-state index contributed by atoms with van der Waals surface area (Å²) in [6.07, 6.45) is 6.13. The topological polar surface area (TPSA) is 97.4 Å². The van der Waals surface area contributed by atoms with E-state index in [0.29, 0.717) is 18.2 Å². The standard InChI is InChI=1S/C24H25N3O4S/c1-32(29,30)27-24(28)26-23-20-9-5-8-18(20)10-11-21(23)19-12-14-25-22(16-19)31-15-13-17-6-3-2-4-7-17/h2-4,6-7,10-12,14,16H,5,8-9,13,15H2,1H3,(H2,26,27,28). The molecule has 0 spiro atoms. The molecule has 2 amide bonds. The van der Waals surface area contributed by atoms with Crippen LogP contribution < -0.4 is 14.8 Å². The van der Waals surface area contributed by atoms with Crippen molar-refractivity contribution in [1.82, 2.24) is 9.71 Å². The molecule has 0 aliphatic heterocycles. The van der Waals surface area contributed by atoms with Gasteiger partial charge in [-0.05, 0) is 47.6 Å². The van der Waals surface area contributed by atoms with E-state index >= 15 is 0 Å². The molecule has 7 nitrogen and oxygen atoms in total. The number of ether oxygens (including phenoxy) is 1. The number of urea groups is 1. The minimum absolute atomic E-state index is 0.491. The lowest BCUT2D eigenvalue weighted by Gasteiger charge is -2.17. The first-order valence-electron chi connectivity index (χ1n) is 10.5. The summed E-state index contributed by atoms with van der Waals surface area (Å²) in [6, 6.07) is 17.0. The fraction of sp³-hybridized carbons (Fsp3) is 0.250. The average molecular weight is 452 g/mol. The van der Waals surface area contributed by atoms with Crippen LogP contribution in [-0.4, -0.2) is 32.3 Å². The minimum atomic E-state index is -3.67. The highest BCUT2D eigenvalue weighted by atomic mass is 32.2. The van der Waals surface area contributed by atoms with E-state index in [-0.39, 0.29) is 0 Å². The zero-order valence-electron chi connectivity index (χ0n) is 17.8. The van der Waals surface area contributed by atoms with Gasteiger partial charge in [0.2, 0.25) is 15.9 Å². The Labute approximate surface area is 187 Å². The van der Waals surface area contributed by atoms with Crippen molar-refractivity contribution >= 4 is 21.7 Å². The summed E-state index contributed by atoms with van der Waals surface area (Å²) in [6.45, 7) is 0.493. The second-order valence-corrected chi connectivity index (χ2v) is 9.52. The highest BCUT2D eigenvalue weighted by Crippen LogP contribution is 2.38. The van der Waals surface area contributed by atoms with Crippen LogP contribution in [0.3, 0.4) is 0 Å². The molecule has 166 valence electrons. The quantitative estimate of drug-likeness (QED) is 0.567. The molecule has 0 radical (unpaired) electrons. The van der Waals surface area contributed by atoms with Crippen LogP contribution in [0, 0.1) is 0 Å². The molecule has 4 rings (SSSR count). The van der Waals surface area contributed by atoms with E-state index in [1.807, 2.05) is 41.1 Å². The molecule has 0 saturated carbocycles. The number of hydrogen-bond acceptors (Lipinski definition) is 5. The molecule has 2 N–H and O–H groups in total. The summed E-state index contributed by atoms with van der Waals surface area (Å²) in [5.41, 5.74) is 5.64. The Hall–Kier alpha value is -3.39. The molecule has 2 aromatic carbocycles. The molecule has 1 heterocycles. The van der Waals surface area contributed by atoms with Crippen LogP contribution >= 0.6 is 0 Å². The van der Waals surface area contributed by atoms with Crippen LogP contribution in [0.25, 0.3) is 11.1 Å². The van der Waals surface area contributed by atoms with Crippen molar-refractivity contribution in [2.45, 2.75) is 25.7 Å². The van der Waals surface area contributed by atoms with Gasteiger partial charge in [0.05, 0.1) is 18.6 Å². The van der Waals surface area contributed by atoms with Crippen molar-refractivity contribution in [2.75, 3.05) is 18.2 Å². The highest BCUT2D eigenvalue weighted by molar-refractivity contribution is 7.89. The Morgan fingerprint density at radius 2 is 1.91 bits per heavy atom. The Morgan fingerprint density at radius 3 is 2.69 bits per heavy atom. The van der Waals surface area contributed by atoms with Crippen molar-refractivity contribution in [3.8, 4) is 17.0 Å². The molecule has 1 aliphatic rings. The Balaban J connectivity index is 1.57. The highest BCUT2D eigenvalue weighted by Gasteiger charge is 2.21. The molecular weight excluding hydrogens is 426 g/mol. The second-order valence-electron chi connectivity index (χ2n) is 7.77. The predicted molar refractivity (Wildman–Crippen MR) is 124 cm³/mol. The number of carbonyl (C=O) groups excluding carboxylic acids is 1. The number of aromatic nitrogens is 1. The van der Waals surface area contributed by atoms with Crippen LogP contribution in [0.5, 0.6) is 5.88 Å². The molecule has 0 unspecified atom stereocenters. The van der Waals surface area contributed by atoms with E-state index in [1.165, 1.54) is 5.56 Å². The van der Waals surface area contributed by atoms with Gasteiger partial charge in [-0.15, -0.1) is 0 Å². The van der Waals surface area contributed by atoms with E-state index < -0.39 is 16.1 Å². The first-order valence-corrected chi connectivity index (χ1v) is 12.3. The fourth-order valence-electron chi connectivity index (χ4n) is 3.93. The van der Waals surface area contributed by atoms with E-state index in [2.05, 4.69) is 28.5 Å². The Bertz CT molecular complexity index is 1230. The van der Waals surface area contributed by atoms with E-state index in [1.54, 1.807) is 6.20 Å². The monoisotopic (exact) mass is 451 g/mol. The normalized spacial score (nSPS) is 12.8.